The summed E-state index contributed by atoms with van der Waals surface area (Å²) in [5.74, 6) is 1.08. The van der Waals surface area contributed by atoms with Crippen LogP contribution in [0.3, 0.4) is 0 Å². The molecule has 0 spiro atoms. The van der Waals surface area contributed by atoms with E-state index in [0.717, 1.165) is 0 Å². The number of nitrogens with zero attached hydrogens (tertiary/aromatic N) is 16. The average molecular weight is 1060 g/mol. The van der Waals surface area contributed by atoms with E-state index >= 15 is 0 Å². The predicted octanol–water partition coefficient (Wildman–Crippen LogP) is 8.50. The van der Waals surface area contributed by atoms with Crippen molar-refractivity contribution in [1.82, 2.24) is 75.8 Å². The van der Waals surface area contributed by atoms with E-state index in [-0.39, 0.29) is 21.1 Å². The first-order valence-electron chi connectivity index (χ1n) is 16.8. The Labute approximate surface area is 398 Å². The molecule has 338 valence electrons. The van der Waals surface area contributed by atoms with Gasteiger partial charge in [-0.1, -0.05) is 117 Å². The molecule has 5 aromatic carbocycles. The van der Waals surface area contributed by atoms with Gasteiger partial charge in [0, 0.05) is 12.1 Å². The number of halogens is 8. The van der Waals surface area contributed by atoms with Gasteiger partial charge in [0.2, 0.25) is 0 Å². The minimum Gasteiger partial charge on any atom is -0.493 e. The van der Waals surface area contributed by atoms with Gasteiger partial charge >= 0.3 is 5.69 Å². The van der Waals surface area contributed by atoms with Gasteiger partial charge in [0.05, 0.1) is 49.3 Å². The third-order valence-electron chi connectivity index (χ3n) is 8.15. The molecule has 65 heavy (non-hydrogen) atoms. The molecule has 0 saturated carbocycles. The first-order valence-corrected chi connectivity index (χ1v) is 19.8. The van der Waals surface area contributed by atoms with Crippen LogP contribution < -0.4 is 9.47 Å². The lowest BCUT2D eigenvalue weighted by atomic mass is 10.3. The summed E-state index contributed by atoms with van der Waals surface area (Å²) in [6.07, 6.45) is 0. The second-order valence-electron chi connectivity index (χ2n) is 11.9. The fraction of sp³-hybridized carbons (Fsp3) is 0.0625. The zero-order chi connectivity index (χ0) is 47.4. The van der Waals surface area contributed by atoms with Crippen molar-refractivity contribution in [2.75, 3.05) is 14.2 Å². The van der Waals surface area contributed by atoms with Gasteiger partial charge in [0.25, 0.3) is 0 Å². The highest BCUT2D eigenvalue weighted by Gasteiger charge is 2.24. The molecule has 10 rings (SSSR count). The molecule has 0 aliphatic rings. The Balaban J connectivity index is 0.000000135. The molecule has 0 aliphatic carbocycles. The number of aromatic nitrogens is 15. The number of methoxy groups -OCH3 is 2. The maximum absolute atomic E-state index is 10.6. The van der Waals surface area contributed by atoms with Crippen LogP contribution in [0.2, 0.25) is 40.2 Å². The molecule has 5 heterocycles. The van der Waals surface area contributed by atoms with E-state index in [2.05, 4.69) is 51.6 Å². The van der Waals surface area contributed by atoms with E-state index in [4.69, 9.17) is 118 Å². The van der Waals surface area contributed by atoms with Crippen LogP contribution in [-0.2, 0) is 0 Å². The number of ether oxygens (including phenoxy) is 2. The molecule has 0 unspecified atom stereocenters. The summed E-state index contributed by atoms with van der Waals surface area (Å²) >= 11 is 45.7. The van der Waals surface area contributed by atoms with Gasteiger partial charge in [-0.15, -0.1) is 25.5 Å². The van der Waals surface area contributed by atoms with Gasteiger partial charge in [0.1, 0.15) is 49.2 Å². The molecule has 25 nitrogen and oxygen atoms in total. The standard InChI is InChI=1S/C8H9N3O3.C6H2Cl2N4O3.3C6H3Cl2N3O/c1-13-7-3-5-6(4-8(7)14-2)11(12)10-9-5;7-2-1-3-6(11(13)10-9-3)4(8)5(2)12(14)15;7-3-1-5-6(2-4(3)8)11(12)10-9-5;7-3-1-2-4-6(5(3)8)9-10-11(4)12;7-3-1-2-4(8)6-5(3)9-10-11(6)12/h3-4,12H,1-2H3;1,13H;3*1-2,12H. The van der Waals surface area contributed by atoms with E-state index in [1.54, 1.807) is 42.5 Å². The highest BCUT2D eigenvalue weighted by molar-refractivity contribution is 6.45. The second kappa shape index (κ2) is 20.1. The predicted molar refractivity (Wildman–Crippen MR) is 233 cm³/mol. The minimum absolute atomic E-state index is 0.0484. The van der Waals surface area contributed by atoms with Gasteiger partial charge in [-0.3, -0.25) is 10.1 Å². The third kappa shape index (κ3) is 10.1. The molecule has 10 aromatic rings. The number of hydrogen-bond donors (Lipinski definition) is 5. The van der Waals surface area contributed by atoms with Crippen LogP contribution >= 0.6 is 92.8 Å². The van der Waals surface area contributed by atoms with E-state index in [0.29, 0.717) is 110 Å². The van der Waals surface area contributed by atoms with Gasteiger partial charge in [-0.2, -0.15) is 0 Å². The molecular formula is C32H20Cl8N16O9. The van der Waals surface area contributed by atoms with Crippen molar-refractivity contribution in [3.05, 3.63) is 105 Å². The Kier molecular flexibility index (Phi) is 14.8. The minimum atomic E-state index is -0.739. The quantitative estimate of drug-likeness (QED) is 0.0629. The molecule has 5 N–H and O–H groups in total. The van der Waals surface area contributed by atoms with Crippen LogP contribution in [0.1, 0.15) is 0 Å². The van der Waals surface area contributed by atoms with Crippen LogP contribution in [0.4, 0.5) is 5.69 Å². The molecule has 0 bridgehead atoms. The van der Waals surface area contributed by atoms with Crippen molar-refractivity contribution in [3.8, 4) is 11.5 Å². The molecule has 0 aliphatic heterocycles. The van der Waals surface area contributed by atoms with Gasteiger partial charge in [-0.25, -0.2) is 0 Å². The molecule has 33 heteroatoms. The first-order chi connectivity index (χ1) is 30.9. The largest absolute Gasteiger partial charge is 0.493 e. The summed E-state index contributed by atoms with van der Waals surface area (Å²) in [4.78, 5) is 12.8. The maximum Gasteiger partial charge on any atom is 0.308 e. The molecule has 0 atom stereocenters. The average Bonchev–Trinajstić information content (AvgIpc) is 4.11. The fourth-order valence-electron chi connectivity index (χ4n) is 5.17. The summed E-state index contributed by atoms with van der Waals surface area (Å²) in [5, 5.41) is 93.0. The fourth-order valence-corrected chi connectivity index (χ4v) is 6.91. The Morgan fingerprint density at radius 2 is 0.938 bits per heavy atom. The summed E-state index contributed by atoms with van der Waals surface area (Å²) in [7, 11) is 3.06. The summed E-state index contributed by atoms with van der Waals surface area (Å²) in [6.45, 7) is 0. The zero-order valence-electron chi connectivity index (χ0n) is 31.7. The van der Waals surface area contributed by atoms with Crippen molar-refractivity contribution >= 4 is 154 Å². The topological polar surface area (TPSA) is 316 Å². The van der Waals surface area contributed by atoms with Crippen molar-refractivity contribution in [2.24, 2.45) is 0 Å². The zero-order valence-corrected chi connectivity index (χ0v) is 37.8. The number of nitro benzene ring substituents is 1. The highest BCUT2D eigenvalue weighted by atomic mass is 35.5. The van der Waals surface area contributed by atoms with E-state index in [1.165, 1.54) is 26.4 Å². The molecule has 0 amide bonds. The number of nitro groups is 1. The summed E-state index contributed by atoms with van der Waals surface area (Å²) < 4.78 is 10.1. The lowest BCUT2D eigenvalue weighted by molar-refractivity contribution is -0.384. The van der Waals surface area contributed by atoms with Crippen molar-refractivity contribution in [1.29, 1.82) is 0 Å². The molecule has 0 radical (unpaired) electrons. The number of rotatable bonds is 3. The van der Waals surface area contributed by atoms with Crippen molar-refractivity contribution in [3.63, 3.8) is 0 Å². The molecule has 0 fully saturated rings. The van der Waals surface area contributed by atoms with E-state index < -0.39 is 10.6 Å². The van der Waals surface area contributed by atoms with Crippen LogP contribution in [0.15, 0.2) is 54.6 Å². The molecule has 0 saturated heterocycles. The van der Waals surface area contributed by atoms with Crippen molar-refractivity contribution in [2.45, 2.75) is 0 Å². The monoisotopic (exact) mass is 1050 g/mol. The van der Waals surface area contributed by atoms with Gasteiger partial charge < -0.3 is 35.5 Å². The van der Waals surface area contributed by atoms with E-state index in [1.807, 2.05) is 0 Å². The second-order valence-corrected chi connectivity index (χ2v) is 15.1. The smallest absolute Gasteiger partial charge is 0.308 e. The Bertz CT molecular complexity index is 3380. The summed E-state index contributed by atoms with van der Waals surface area (Å²) in [6, 6.07) is 13.8. The number of benzene rings is 5. The third-order valence-corrected chi connectivity index (χ3v) is 10.9. The lowest BCUT2D eigenvalue weighted by Crippen LogP contribution is -1.96. The number of hydrogen-bond acceptors (Lipinski definition) is 19. The highest BCUT2D eigenvalue weighted by Crippen LogP contribution is 2.38. The number of fused-ring (bicyclic) bond motifs is 5. The van der Waals surface area contributed by atoms with Gasteiger partial charge in [0.15, 0.2) is 27.6 Å². The van der Waals surface area contributed by atoms with Gasteiger partial charge in [-0.05, 0) is 68.5 Å². The molecule has 5 aromatic heterocycles. The van der Waals surface area contributed by atoms with Crippen LogP contribution in [-0.4, -0.2) is 121 Å². The van der Waals surface area contributed by atoms with Crippen LogP contribution in [0.25, 0.3) is 55.2 Å². The van der Waals surface area contributed by atoms with Crippen LogP contribution in [0, 0.1) is 10.1 Å². The normalized spacial score (nSPS) is 10.7. The molecular weight excluding hydrogens is 1040 g/mol. The SMILES string of the molecule is COc1cc2nnn(O)c2cc1OC.O=[N+]([O-])c1c(Cl)cc2nnn(O)c2c1Cl.On1nnc2c(Cl)c(Cl)ccc21.On1nnc2c(Cl)ccc(Cl)c21.On1nnc2cc(Cl)c(Cl)cc21. The van der Waals surface area contributed by atoms with E-state index in [9.17, 15) is 20.5 Å². The van der Waals surface area contributed by atoms with Crippen LogP contribution in [0.5, 0.6) is 11.5 Å². The Hall–Kier alpha value is -6.58. The Morgan fingerprint density at radius 1 is 0.477 bits per heavy atom. The summed E-state index contributed by atoms with van der Waals surface area (Å²) in [5.41, 5.74) is 3.16. The lowest BCUT2D eigenvalue weighted by Gasteiger charge is -2.06. The van der Waals surface area contributed by atoms with Crippen molar-refractivity contribution < 1.29 is 40.4 Å². The maximum atomic E-state index is 10.6. The first kappa shape index (κ1) is 47.9. The Morgan fingerprint density at radius 3 is 1.57 bits per heavy atom.